The van der Waals surface area contributed by atoms with E-state index in [1.54, 1.807) is 13.1 Å². The molecule has 1 unspecified atom stereocenters. The van der Waals surface area contributed by atoms with Gasteiger partial charge in [-0.15, -0.1) is 0 Å². The number of hydrogen-bond donors (Lipinski definition) is 0. The van der Waals surface area contributed by atoms with E-state index in [1.807, 2.05) is 0 Å². The van der Waals surface area contributed by atoms with Crippen LogP contribution >= 0.6 is 0 Å². The van der Waals surface area contributed by atoms with E-state index in [1.165, 1.54) is 17.2 Å². The van der Waals surface area contributed by atoms with E-state index in [-0.39, 0.29) is 17.6 Å². The van der Waals surface area contributed by atoms with Crippen molar-refractivity contribution in [2.45, 2.75) is 25.4 Å². The van der Waals surface area contributed by atoms with Gasteiger partial charge in [-0.25, -0.2) is 4.98 Å². The number of pyridine rings is 1. The molecule has 1 atom stereocenters. The summed E-state index contributed by atoms with van der Waals surface area (Å²) in [6.45, 7) is 1.24. The number of aromatic nitrogens is 1. The summed E-state index contributed by atoms with van der Waals surface area (Å²) in [5, 5.41) is 0. The highest BCUT2D eigenvalue weighted by atomic mass is 19.1. The monoisotopic (exact) mass is 252 g/mol. The molecule has 0 saturated carbocycles. The lowest BCUT2D eigenvalue weighted by atomic mass is 10.1. The van der Waals surface area contributed by atoms with Gasteiger partial charge in [-0.3, -0.25) is 4.79 Å². The number of halogens is 1. The number of nitrogens with zero attached hydrogens (tertiary/aromatic N) is 2. The normalized spacial score (nSPS) is 19.6. The van der Waals surface area contributed by atoms with Crippen molar-refractivity contribution in [3.8, 4) is 0 Å². The van der Waals surface area contributed by atoms with Crippen LogP contribution in [-0.2, 0) is 4.74 Å². The third kappa shape index (κ3) is 3.04. The summed E-state index contributed by atoms with van der Waals surface area (Å²) >= 11 is 0. The Hall–Kier alpha value is -1.49. The first-order valence-electron chi connectivity index (χ1n) is 6.16. The van der Waals surface area contributed by atoms with Crippen molar-refractivity contribution in [3.05, 3.63) is 29.8 Å². The SMILES string of the molecule is CN(CC1CCCCO1)C(=O)c1cccnc1F. The van der Waals surface area contributed by atoms with Crippen LogP contribution in [0.3, 0.4) is 0 Å². The predicted octanol–water partition coefficient (Wildman–Crippen LogP) is 1.86. The van der Waals surface area contributed by atoms with E-state index in [0.29, 0.717) is 6.54 Å². The van der Waals surface area contributed by atoms with Crippen molar-refractivity contribution in [2.24, 2.45) is 0 Å². The van der Waals surface area contributed by atoms with Crippen molar-refractivity contribution in [1.29, 1.82) is 0 Å². The molecular weight excluding hydrogens is 235 g/mol. The minimum atomic E-state index is -0.723. The third-order valence-electron chi connectivity index (χ3n) is 3.09. The lowest BCUT2D eigenvalue weighted by molar-refractivity contribution is -0.000288. The van der Waals surface area contributed by atoms with Gasteiger partial charge in [0.25, 0.3) is 5.91 Å². The van der Waals surface area contributed by atoms with Crippen molar-refractivity contribution in [3.63, 3.8) is 0 Å². The molecule has 1 aromatic heterocycles. The molecule has 98 valence electrons. The summed E-state index contributed by atoms with van der Waals surface area (Å²) in [6.07, 6.45) is 4.54. The first-order valence-corrected chi connectivity index (χ1v) is 6.16. The van der Waals surface area contributed by atoms with Crippen LogP contribution in [0.25, 0.3) is 0 Å². The molecule has 0 bridgehead atoms. The van der Waals surface area contributed by atoms with Gasteiger partial charge in [-0.1, -0.05) is 0 Å². The van der Waals surface area contributed by atoms with Crippen LogP contribution in [0.5, 0.6) is 0 Å². The van der Waals surface area contributed by atoms with E-state index in [4.69, 9.17) is 4.74 Å². The van der Waals surface area contributed by atoms with Gasteiger partial charge in [0.2, 0.25) is 5.95 Å². The van der Waals surface area contributed by atoms with E-state index >= 15 is 0 Å². The first kappa shape index (κ1) is 13.0. The highest BCUT2D eigenvalue weighted by molar-refractivity contribution is 5.93. The van der Waals surface area contributed by atoms with Crippen LogP contribution in [0.1, 0.15) is 29.6 Å². The number of carbonyl (C=O) groups is 1. The van der Waals surface area contributed by atoms with E-state index in [9.17, 15) is 9.18 Å². The summed E-state index contributed by atoms with van der Waals surface area (Å²) in [6, 6.07) is 3.00. The summed E-state index contributed by atoms with van der Waals surface area (Å²) in [7, 11) is 1.66. The Morgan fingerprint density at radius 1 is 1.61 bits per heavy atom. The summed E-state index contributed by atoms with van der Waals surface area (Å²) < 4.78 is 19.0. The van der Waals surface area contributed by atoms with E-state index in [0.717, 1.165) is 25.9 Å². The molecule has 1 aliphatic heterocycles. The Labute approximate surface area is 106 Å². The average molecular weight is 252 g/mol. The van der Waals surface area contributed by atoms with Gasteiger partial charge in [0.15, 0.2) is 0 Å². The molecule has 0 spiro atoms. The second-order valence-corrected chi connectivity index (χ2v) is 4.52. The number of carbonyl (C=O) groups excluding carboxylic acids is 1. The highest BCUT2D eigenvalue weighted by Gasteiger charge is 2.21. The maximum Gasteiger partial charge on any atom is 0.258 e. The maximum absolute atomic E-state index is 13.4. The first-order chi connectivity index (χ1) is 8.68. The van der Waals surface area contributed by atoms with Gasteiger partial charge in [-0.2, -0.15) is 4.39 Å². The molecule has 1 saturated heterocycles. The largest absolute Gasteiger partial charge is 0.376 e. The molecule has 0 N–H and O–H groups in total. The topological polar surface area (TPSA) is 42.4 Å². The average Bonchev–Trinajstić information content (AvgIpc) is 2.39. The quantitative estimate of drug-likeness (QED) is 0.771. The van der Waals surface area contributed by atoms with Crippen molar-refractivity contribution >= 4 is 5.91 Å². The fourth-order valence-electron chi connectivity index (χ4n) is 2.09. The second-order valence-electron chi connectivity index (χ2n) is 4.52. The highest BCUT2D eigenvalue weighted by Crippen LogP contribution is 2.15. The summed E-state index contributed by atoms with van der Waals surface area (Å²) in [5.41, 5.74) is 0.0100. The van der Waals surface area contributed by atoms with Gasteiger partial charge < -0.3 is 9.64 Å². The Kier molecular flexibility index (Phi) is 4.25. The predicted molar refractivity (Wildman–Crippen MR) is 64.7 cm³/mol. The zero-order valence-corrected chi connectivity index (χ0v) is 10.4. The van der Waals surface area contributed by atoms with Gasteiger partial charge in [-0.05, 0) is 31.4 Å². The minimum Gasteiger partial charge on any atom is -0.376 e. The van der Waals surface area contributed by atoms with Crippen LogP contribution in [0.15, 0.2) is 18.3 Å². The van der Waals surface area contributed by atoms with Crippen molar-refractivity contribution in [1.82, 2.24) is 9.88 Å². The fourth-order valence-corrected chi connectivity index (χ4v) is 2.09. The zero-order chi connectivity index (χ0) is 13.0. The lowest BCUT2D eigenvalue weighted by Gasteiger charge is -2.27. The van der Waals surface area contributed by atoms with E-state index < -0.39 is 5.95 Å². The smallest absolute Gasteiger partial charge is 0.258 e. The van der Waals surface area contributed by atoms with Crippen LogP contribution < -0.4 is 0 Å². The number of rotatable bonds is 3. The molecule has 1 aliphatic rings. The van der Waals surface area contributed by atoms with Crippen LogP contribution in [0.4, 0.5) is 4.39 Å². The Morgan fingerprint density at radius 3 is 3.11 bits per heavy atom. The molecule has 4 nitrogen and oxygen atoms in total. The van der Waals surface area contributed by atoms with Crippen LogP contribution in [-0.4, -0.2) is 42.1 Å². The molecule has 5 heteroatoms. The van der Waals surface area contributed by atoms with Crippen LogP contribution in [0, 0.1) is 5.95 Å². The molecule has 18 heavy (non-hydrogen) atoms. The lowest BCUT2D eigenvalue weighted by Crippen LogP contribution is -2.37. The van der Waals surface area contributed by atoms with Crippen LogP contribution in [0.2, 0.25) is 0 Å². The van der Waals surface area contributed by atoms with Gasteiger partial charge in [0.05, 0.1) is 11.7 Å². The number of hydrogen-bond acceptors (Lipinski definition) is 3. The maximum atomic E-state index is 13.4. The number of ether oxygens (including phenoxy) is 1. The van der Waals surface area contributed by atoms with E-state index in [2.05, 4.69) is 4.98 Å². The molecule has 1 amide bonds. The Morgan fingerprint density at radius 2 is 2.44 bits per heavy atom. The standard InChI is InChI=1S/C13H17FN2O2/c1-16(9-10-5-2-3-8-18-10)13(17)11-6-4-7-15-12(11)14/h4,6-7,10H,2-3,5,8-9H2,1H3. The third-order valence-corrected chi connectivity index (χ3v) is 3.09. The second kappa shape index (κ2) is 5.91. The number of likely N-dealkylation sites (N-methyl/N-ethyl adjacent to an activating group) is 1. The molecule has 1 aromatic rings. The molecule has 0 radical (unpaired) electrons. The molecule has 1 fully saturated rings. The molecule has 2 heterocycles. The van der Waals surface area contributed by atoms with Gasteiger partial charge in [0, 0.05) is 26.4 Å². The van der Waals surface area contributed by atoms with Gasteiger partial charge >= 0.3 is 0 Å². The summed E-state index contributed by atoms with van der Waals surface area (Å²) in [5.74, 6) is -1.08. The zero-order valence-electron chi connectivity index (χ0n) is 10.4. The molecular formula is C13H17FN2O2. The van der Waals surface area contributed by atoms with Crippen molar-refractivity contribution in [2.75, 3.05) is 20.2 Å². The van der Waals surface area contributed by atoms with Crippen molar-refractivity contribution < 1.29 is 13.9 Å². The Bertz CT molecular complexity index is 419. The fraction of sp³-hybridized carbons (Fsp3) is 0.538. The minimum absolute atomic E-state index is 0.0100. The molecule has 2 rings (SSSR count). The summed E-state index contributed by atoms with van der Waals surface area (Å²) in [4.78, 5) is 17.0. The van der Waals surface area contributed by atoms with Gasteiger partial charge in [0.1, 0.15) is 0 Å². The number of amides is 1. The Balaban J connectivity index is 1.98. The molecule has 0 aromatic carbocycles. The molecule has 0 aliphatic carbocycles.